The van der Waals surface area contributed by atoms with Gasteiger partial charge >= 0.3 is 0 Å². The number of fused-ring (bicyclic) bond motifs is 1. The third kappa shape index (κ3) is 2.06. The van der Waals surface area contributed by atoms with Gasteiger partial charge in [-0.05, 0) is 50.5 Å². The monoisotopic (exact) mass is 333 g/mol. The van der Waals surface area contributed by atoms with E-state index in [-0.39, 0.29) is 11.4 Å². The minimum atomic E-state index is -0.661. The van der Waals surface area contributed by atoms with Gasteiger partial charge in [-0.3, -0.25) is 4.79 Å². The van der Waals surface area contributed by atoms with Crippen molar-refractivity contribution in [3.8, 4) is 0 Å². The molecular weight excluding hydrogens is 310 g/mol. The predicted molar refractivity (Wildman–Crippen MR) is 102 cm³/mol. The number of rotatable bonds is 2. The van der Waals surface area contributed by atoms with Crippen molar-refractivity contribution in [3.63, 3.8) is 0 Å². The number of anilines is 2. The Balaban J connectivity index is 1.85. The molecule has 2 aromatic rings. The van der Waals surface area contributed by atoms with Gasteiger partial charge in [-0.2, -0.15) is 10.1 Å². The molecule has 2 aliphatic heterocycles. The zero-order valence-corrected chi connectivity index (χ0v) is 14.9. The molecule has 0 saturated heterocycles. The van der Waals surface area contributed by atoms with E-state index in [2.05, 4.69) is 31.3 Å². The van der Waals surface area contributed by atoms with E-state index in [1.165, 1.54) is 5.56 Å². The van der Waals surface area contributed by atoms with Crippen LogP contribution in [0.2, 0.25) is 0 Å². The summed E-state index contributed by atoms with van der Waals surface area (Å²) >= 11 is 0. The molecule has 0 saturated carbocycles. The largest absolute Gasteiger partial charge is 0.378 e. The van der Waals surface area contributed by atoms with E-state index in [4.69, 9.17) is 5.10 Å². The van der Waals surface area contributed by atoms with Gasteiger partial charge in [-0.15, -0.1) is 0 Å². The van der Waals surface area contributed by atoms with Crippen molar-refractivity contribution >= 4 is 23.0 Å². The second-order valence-electron chi connectivity index (χ2n) is 7.19. The summed E-state index contributed by atoms with van der Waals surface area (Å²) in [5, 5.41) is 9.94. The Kier molecular flexibility index (Phi) is 3.46. The molecule has 2 unspecified atom stereocenters. The maximum absolute atomic E-state index is 13.6. The summed E-state index contributed by atoms with van der Waals surface area (Å²) < 4.78 is 0. The fraction of sp³-hybridized carbons (Fsp3) is 0.333. The summed E-state index contributed by atoms with van der Waals surface area (Å²) in [4.78, 5) is 13.6. The van der Waals surface area contributed by atoms with Gasteiger partial charge in [0.15, 0.2) is 0 Å². The van der Waals surface area contributed by atoms with Crippen LogP contribution < -0.4 is 10.3 Å². The lowest BCUT2D eigenvalue weighted by molar-refractivity contribution is -0.126. The predicted octanol–water partition coefficient (Wildman–Crippen LogP) is 4.23. The highest BCUT2D eigenvalue weighted by atomic mass is 16.2. The van der Waals surface area contributed by atoms with Crippen LogP contribution in [0.1, 0.15) is 32.8 Å². The van der Waals surface area contributed by atoms with Gasteiger partial charge in [0.05, 0.1) is 16.9 Å². The molecule has 0 fully saturated rings. The van der Waals surface area contributed by atoms with Crippen LogP contribution in [-0.4, -0.2) is 17.2 Å². The Morgan fingerprint density at radius 3 is 2.52 bits per heavy atom. The summed E-state index contributed by atoms with van der Waals surface area (Å²) in [5.74, 6) is 0.0579. The molecule has 128 valence electrons. The average Bonchev–Trinajstić information content (AvgIpc) is 2.89. The van der Waals surface area contributed by atoms with Crippen LogP contribution in [-0.2, 0) is 11.2 Å². The van der Waals surface area contributed by atoms with E-state index in [9.17, 15) is 4.79 Å². The third-order valence-corrected chi connectivity index (χ3v) is 5.96. The topological polar surface area (TPSA) is 44.7 Å². The number of nitrogens with one attached hydrogen (secondary N) is 1. The van der Waals surface area contributed by atoms with Crippen molar-refractivity contribution in [3.05, 3.63) is 60.2 Å². The normalized spacial score (nSPS) is 27.9. The second kappa shape index (κ2) is 5.45. The molecule has 1 N–H and O–H groups in total. The first-order chi connectivity index (χ1) is 12.0. The summed E-state index contributed by atoms with van der Waals surface area (Å²) in [6, 6.07) is 17.9. The Morgan fingerprint density at radius 1 is 1.12 bits per heavy atom. The Hall–Kier alpha value is -2.62. The molecule has 4 rings (SSSR count). The number of benzene rings is 2. The van der Waals surface area contributed by atoms with E-state index in [0.717, 1.165) is 23.5 Å². The molecule has 2 aromatic carbocycles. The molecule has 1 spiro atoms. The quantitative estimate of drug-likeness (QED) is 0.894. The third-order valence-electron chi connectivity index (χ3n) is 5.96. The summed E-state index contributed by atoms with van der Waals surface area (Å²) in [7, 11) is 0. The number of carbonyl (C=O) groups excluding carboxylic acids is 1. The van der Waals surface area contributed by atoms with Crippen LogP contribution >= 0.6 is 0 Å². The summed E-state index contributed by atoms with van der Waals surface area (Å²) in [6.45, 7) is 6.27. The molecule has 2 atom stereocenters. The Morgan fingerprint density at radius 2 is 1.80 bits per heavy atom. The molecule has 0 aliphatic carbocycles. The molecule has 25 heavy (non-hydrogen) atoms. The van der Waals surface area contributed by atoms with Gasteiger partial charge in [0.25, 0.3) is 5.91 Å². The SMILES string of the molecule is CCC1(C)Nc2ccccc2CC12C(=O)N(c1ccccc1)N=C2C. The highest BCUT2D eigenvalue weighted by Crippen LogP contribution is 2.50. The van der Waals surface area contributed by atoms with Crippen LogP contribution in [0, 0.1) is 5.41 Å². The minimum Gasteiger partial charge on any atom is -0.378 e. The van der Waals surface area contributed by atoms with E-state index >= 15 is 0 Å². The Labute approximate surface area is 148 Å². The van der Waals surface area contributed by atoms with Gasteiger partial charge in [-0.25, -0.2) is 0 Å². The number of para-hydroxylation sites is 2. The molecule has 0 radical (unpaired) electrons. The average molecular weight is 333 g/mol. The number of hydrogen-bond acceptors (Lipinski definition) is 3. The zero-order valence-electron chi connectivity index (χ0n) is 14.9. The molecule has 2 aliphatic rings. The fourth-order valence-electron chi connectivity index (χ4n) is 4.27. The van der Waals surface area contributed by atoms with Crippen LogP contribution in [0.5, 0.6) is 0 Å². The lowest BCUT2D eigenvalue weighted by Crippen LogP contribution is -2.62. The van der Waals surface area contributed by atoms with Crippen LogP contribution in [0.4, 0.5) is 11.4 Å². The van der Waals surface area contributed by atoms with Crippen LogP contribution in [0.3, 0.4) is 0 Å². The molecule has 4 heteroatoms. The smallest absolute Gasteiger partial charge is 0.262 e. The first-order valence-corrected chi connectivity index (χ1v) is 8.83. The van der Waals surface area contributed by atoms with Gasteiger partial charge < -0.3 is 5.32 Å². The number of amides is 1. The number of hydrazone groups is 1. The summed E-state index contributed by atoms with van der Waals surface area (Å²) in [5.41, 5.74) is 2.96. The summed E-state index contributed by atoms with van der Waals surface area (Å²) in [6.07, 6.45) is 1.51. The lowest BCUT2D eigenvalue weighted by Gasteiger charge is -2.49. The fourth-order valence-corrected chi connectivity index (χ4v) is 4.27. The van der Waals surface area contributed by atoms with Gasteiger partial charge in [0.1, 0.15) is 5.41 Å². The van der Waals surface area contributed by atoms with E-state index < -0.39 is 5.41 Å². The highest BCUT2D eigenvalue weighted by Gasteiger charge is 2.61. The van der Waals surface area contributed by atoms with Crippen LogP contribution in [0.25, 0.3) is 0 Å². The van der Waals surface area contributed by atoms with Crippen molar-refractivity contribution < 1.29 is 4.79 Å². The highest BCUT2D eigenvalue weighted by molar-refractivity contribution is 6.20. The first-order valence-electron chi connectivity index (χ1n) is 8.83. The molecule has 2 heterocycles. The van der Waals surface area contributed by atoms with Crippen molar-refractivity contribution in [2.75, 3.05) is 10.3 Å². The minimum absolute atomic E-state index is 0.0579. The van der Waals surface area contributed by atoms with Crippen molar-refractivity contribution in [1.29, 1.82) is 0 Å². The van der Waals surface area contributed by atoms with Crippen LogP contribution in [0.15, 0.2) is 59.7 Å². The molecule has 0 aromatic heterocycles. The van der Waals surface area contributed by atoms with Crippen molar-refractivity contribution in [1.82, 2.24) is 0 Å². The lowest BCUT2D eigenvalue weighted by atomic mass is 9.60. The number of hydrogen-bond donors (Lipinski definition) is 1. The van der Waals surface area contributed by atoms with E-state index in [1.54, 1.807) is 5.01 Å². The number of carbonyl (C=O) groups is 1. The van der Waals surface area contributed by atoms with Crippen molar-refractivity contribution in [2.24, 2.45) is 10.5 Å². The number of nitrogens with zero attached hydrogens (tertiary/aromatic N) is 2. The van der Waals surface area contributed by atoms with E-state index in [0.29, 0.717) is 6.42 Å². The Bertz CT molecular complexity index is 860. The van der Waals surface area contributed by atoms with Gasteiger partial charge in [0, 0.05) is 5.69 Å². The molecular formula is C21H23N3O. The maximum atomic E-state index is 13.6. The van der Waals surface area contributed by atoms with E-state index in [1.807, 2.05) is 49.4 Å². The molecule has 4 nitrogen and oxygen atoms in total. The molecule has 1 amide bonds. The van der Waals surface area contributed by atoms with Gasteiger partial charge in [0.2, 0.25) is 0 Å². The molecule has 0 bridgehead atoms. The first kappa shape index (κ1) is 15.9. The van der Waals surface area contributed by atoms with Crippen molar-refractivity contribution in [2.45, 2.75) is 39.2 Å². The van der Waals surface area contributed by atoms with Gasteiger partial charge in [-0.1, -0.05) is 43.3 Å². The maximum Gasteiger partial charge on any atom is 0.262 e. The standard InChI is InChI=1S/C21H23N3O/c1-4-20(3)21(14-16-10-8-9-13-18(16)22-20)15(2)23-24(19(21)25)17-11-6-5-7-12-17/h5-13,22H,4,14H2,1-3H3. The zero-order chi connectivity index (χ0) is 17.7. The second-order valence-corrected chi connectivity index (χ2v) is 7.19.